The molecule has 0 amide bonds. The Kier molecular flexibility index (Phi) is 6.82. The highest BCUT2D eigenvalue weighted by Crippen LogP contribution is 2.56. The summed E-state index contributed by atoms with van der Waals surface area (Å²) in [7, 11) is 0. The van der Waals surface area contributed by atoms with Gasteiger partial charge in [0.1, 0.15) is 11.2 Å². The number of aromatic nitrogens is 3. The SMILES string of the molecule is CC1(C)c2ccccc2C2=CCC(c3cccc4c3oc3cc(-c5nc(-c6ccccc6)nc(-c6ccc7ccccc7c6)n5)c5ccccc5c34)CC21. The van der Waals surface area contributed by atoms with Crippen LogP contribution in [0.15, 0.2) is 156 Å². The number of hydrogen-bond donors (Lipinski definition) is 0. The lowest BCUT2D eigenvalue weighted by atomic mass is 9.69. The number of furan rings is 1. The molecule has 54 heavy (non-hydrogen) atoms. The van der Waals surface area contributed by atoms with Crippen LogP contribution in [0.3, 0.4) is 0 Å². The molecule has 2 aromatic heterocycles. The molecule has 0 fully saturated rings. The van der Waals surface area contributed by atoms with Crippen LogP contribution in [-0.4, -0.2) is 15.0 Å². The first-order valence-electron chi connectivity index (χ1n) is 19.0. The maximum Gasteiger partial charge on any atom is 0.164 e. The molecule has 9 aromatic rings. The van der Waals surface area contributed by atoms with Crippen LogP contribution in [0.5, 0.6) is 0 Å². The number of allylic oxidation sites excluding steroid dienone is 2. The summed E-state index contributed by atoms with van der Waals surface area (Å²) in [4.78, 5) is 15.4. The second-order valence-electron chi connectivity index (χ2n) is 15.6. The van der Waals surface area contributed by atoms with Crippen molar-refractivity contribution < 1.29 is 4.42 Å². The van der Waals surface area contributed by atoms with Crippen LogP contribution in [0.4, 0.5) is 0 Å². The molecule has 11 rings (SSSR count). The van der Waals surface area contributed by atoms with E-state index in [1.165, 1.54) is 27.6 Å². The molecule has 0 saturated heterocycles. The van der Waals surface area contributed by atoms with Crippen molar-refractivity contribution in [3.63, 3.8) is 0 Å². The van der Waals surface area contributed by atoms with Crippen LogP contribution in [-0.2, 0) is 5.41 Å². The molecule has 0 saturated carbocycles. The Morgan fingerprint density at radius 3 is 2.15 bits per heavy atom. The van der Waals surface area contributed by atoms with Gasteiger partial charge >= 0.3 is 0 Å². The van der Waals surface area contributed by atoms with Crippen LogP contribution >= 0.6 is 0 Å². The Hall–Kier alpha value is -6.39. The smallest absolute Gasteiger partial charge is 0.164 e. The molecule has 0 bridgehead atoms. The van der Waals surface area contributed by atoms with Crippen molar-refractivity contribution in [2.45, 2.75) is 38.0 Å². The van der Waals surface area contributed by atoms with E-state index in [0.29, 0.717) is 29.3 Å². The summed E-state index contributed by atoms with van der Waals surface area (Å²) >= 11 is 0. The molecule has 0 radical (unpaired) electrons. The van der Waals surface area contributed by atoms with Crippen molar-refractivity contribution in [1.82, 2.24) is 15.0 Å². The van der Waals surface area contributed by atoms with Crippen LogP contribution in [0.2, 0.25) is 0 Å². The Bertz CT molecular complexity index is 2990. The second kappa shape index (κ2) is 11.8. The van der Waals surface area contributed by atoms with Gasteiger partial charge in [0, 0.05) is 27.5 Å². The molecule has 0 spiro atoms. The minimum absolute atomic E-state index is 0.0861. The normalized spacial score (nSPS) is 17.6. The summed E-state index contributed by atoms with van der Waals surface area (Å²) in [5.74, 6) is 2.74. The molecule has 258 valence electrons. The molecule has 2 unspecified atom stereocenters. The van der Waals surface area contributed by atoms with Gasteiger partial charge in [-0.2, -0.15) is 0 Å². The van der Waals surface area contributed by atoms with Crippen molar-refractivity contribution in [2.75, 3.05) is 0 Å². The Morgan fingerprint density at radius 2 is 1.28 bits per heavy atom. The van der Waals surface area contributed by atoms with E-state index in [4.69, 9.17) is 19.4 Å². The molecule has 0 N–H and O–H groups in total. The molecule has 4 nitrogen and oxygen atoms in total. The Morgan fingerprint density at radius 1 is 0.574 bits per heavy atom. The number of hydrogen-bond acceptors (Lipinski definition) is 4. The molecule has 2 aliphatic rings. The van der Waals surface area contributed by atoms with Gasteiger partial charge in [-0.15, -0.1) is 0 Å². The first-order chi connectivity index (χ1) is 26.5. The predicted molar refractivity (Wildman–Crippen MR) is 221 cm³/mol. The maximum absolute atomic E-state index is 7.02. The average molecular weight is 696 g/mol. The van der Waals surface area contributed by atoms with Gasteiger partial charge in [0.15, 0.2) is 17.5 Å². The molecule has 2 aliphatic carbocycles. The van der Waals surface area contributed by atoms with E-state index in [2.05, 4.69) is 147 Å². The van der Waals surface area contributed by atoms with E-state index in [1.807, 2.05) is 18.2 Å². The Balaban J connectivity index is 1.09. The van der Waals surface area contributed by atoms with Gasteiger partial charge in [-0.05, 0) is 86.0 Å². The Labute approximate surface area is 313 Å². The third-order valence-corrected chi connectivity index (χ3v) is 12.2. The number of rotatable bonds is 4. The molecule has 7 aromatic carbocycles. The van der Waals surface area contributed by atoms with E-state index in [-0.39, 0.29) is 5.41 Å². The van der Waals surface area contributed by atoms with E-state index in [0.717, 1.165) is 67.6 Å². The summed E-state index contributed by atoms with van der Waals surface area (Å²) < 4.78 is 7.02. The van der Waals surface area contributed by atoms with E-state index < -0.39 is 0 Å². The van der Waals surface area contributed by atoms with Crippen molar-refractivity contribution in [1.29, 1.82) is 0 Å². The number of fused-ring (bicyclic) bond motifs is 9. The van der Waals surface area contributed by atoms with Gasteiger partial charge in [-0.1, -0.05) is 153 Å². The zero-order chi connectivity index (χ0) is 36.0. The molecule has 0 aliphatic heterocycles. The maximum atomic E-state index is 7.02. The highest BCUT2D eigenvalue weighted by molar-refractivity contribution is 6.22. The highest BCUT2D eigenvalue weighted by Gasteiger charge is 2.45. The molecular weight excluding hydrogens is 659 g/mol. The van der Waals surface area contributed by atoms with Gasteiger partial charge in [-0.3, -0.25) is 0 Å². The monoisotopic (exact) mass is 695 g/mol. The van der Waals surface area contributed by atoms with Crippen LogP contribution < -0.4 is 0 Å². The first kappa shape index (κ1) is 31.2. The van der Waals surface area contributed by atoms with Crippen molar-refractivity contribution >= 4 is 49.1 Å². The fourth-order valence-corrected chi connectivity index (χ4v) is 9.50. The van der Waals surface area contributed by atoms with Gasteiger partial charge in [-0.25, -0.2) is 15.0 Å². The van der Waals surface area contributed by atoms with Crippen LogP contribution in [0, 0.1) is 5.92 Å². The van der Waals surface area contributed by atoms with E-state index in [9.17, 15) is 0 Å². The molecule has 2 heterocycles. The molecular formula is C50H37N3O. The number of benzene rings is 7. The largest absolute Gasteiger partial charge is 0.456 e. The summed E-state index contributed by atoms with van der Waals surface area (Å²) in [6.45, 7) is 4.84. The van der Waals surface area contributed by atoms with Crippen molar-refractivity contribution in [2.24, 2.45) is 5.92 Å². The van der Waals surface area contributed by atoms with Gasteiger partial charge in [0.05, 0.1) is 0 Å². The third-order valence-electron chi connectivity index (χ3n) is 12.2. The fourth-order valence-electron chi connectivity index (χ4n) is 9.50. The minimum atomic E-state index is 0.0861. The lowest BCUT2D eigenvalue weighted by Crippen LogP contribution is -2.27. The van der Waals surface area contributed by atoms with Crippen molar-refractivity contribution in [3.05, 3.63) is 168 Å². The summed E-state index contributed by atoms with van der Waals surface area (Å²) in [6, 6.07) is 51.5. The minimum Gasteiger partial charge on any atom is -0.456 e. The highest BCUT2D eigenvalue weighted by atomic mass is 16.3. The summed E-state index contributed by atoms with van der Waals surface area (Å²) in [5.41, 5.74) is 10.5. The predicted octanol–water partition coefficient (Wildman–Crippen LogP) is 12.9. The van der Waals surface area contributed by atoms with Crippen molar-refractivity contribution in [3.8, 4) is 34.2 Å². The zero-order valence-corrected chi connectivity index (χ0v) is 30.3. The topological polar surface area (TPSA) is 51.8 Å². The molecule has 2 atom stereocenters. The van der Waals surface area contributed by atoms with Gasteiger partial charge in [0.25, 0.3) is 0 Å². The standard InChI is InChI=1S/C50H37N3O/c1-50(2)42-22-11-10-18-37(42)38-26-25-33(28-43(38)50)35-20-12-21-40-45-39-19-9-8-17-36(39)41(29-44(45)54-46(35)40)49-52-47(31-14-4-3-5-15-31)51-48(53-49)34-24-23-30-13-6-7-16-32(30)27-34/h3-24,26-27,29,33,43H,25,28H2,1-2H3. The fraction of sp³-hybridized carbons (Fsp3) is 0.140. The zero-order valence-electron chi connectivity index (χ0n) is 30.3. The second-order valence-corrected chi connectivity index (χ2v) is 15.6. The summed E-state index contributed by atoms with van der Waals surface area (Å²) in [5, 5.41) is 6.84. The molecule has 4 heteroatoms. The lowest BCUT2D eigenvalue weighted by Gasteiger charge is -2.34. The van der Waals surface area contributed by atoms with Crippen LogP contribution in [0.25, 0.3) is 83.2 Å². The van der Waals surface area contributed by atoms with E-state index >= 15 is 0 Å². The lowest BCUT2D eigenvalue weighted by molar-refractivity contribution is 0.355. The summed E-state index contributed by atoms with van der Waals surface area (Å²) in [6.07, 6.45) is 4.61. The van der Waals surface area contributed by atoms with Gasteiger partial charge in [0.2, 0.25) is 0 Å². The van der Waals surface area contributed by atoms with E-state index in [1.54, 1.807) is 0 Å². The first-order valence-corrected chi connectivity index (χ1v) is 19.0. The number of nitrogens with zero attached hydrogens (tertiary/aromatic N) is 3. The third kappa shape index (κ3) is 4.72. The van der Waals surface area contributed by atoms with Crippen LogP contribution in [0.1, 0.15) is 49.3 Å². The van der Waals surface area contributed by atoms with Gasteiger partial charge < -0.3 is 4.42 Å². The quantitative estimate of drug-likeness (QED) is 0.184. The number of para-hydroxylation sites is 1. The average Bonchev–Trinajstić information content (AvgIpc) is 3.72.